The Morgan fingerprint density at radius 1 is 0.769 bits per heavy atom. The lowest BCUT2D eigenvalue weighted by atomic mass is 10.0. The summed E-state index contributed by atoms with van der Waals surface area (Å²) in [6.45, 7) is 12.1. The number of hydrogen-bond donors (Lipinski definition) is 0. The van der Waals surface area contributed by atoms with Gasteiger partial charge in [0, 0.05) is 22.7 Å². The molecule has 4 aromatic rings. The molecule has 1 aromatic heterocycles. The van der Waals surface area contributed by atoms with Gasteiger partial charge in [-0.25, -0.2) is 0 Å². The molecule has 26 heavy (non-hydrogen) atoms. The molecule has 0 spiro atoms. The highest BCUT2D eigenvalue weighted by Crippen LogP contribution is 2.41. The summed E-state index contributed by atoms with van der Waals surface area (Å²) in [7, 11) is -1.69. The number of rotatable bonds is 2. The Hall–Kier alpha value is -2.32. The molecule has 0 saturated heterocycles. The van der Waals surface area contributed by atoms with Crippen molar-refractivity contribution < 1.29 is 0 Å². The van der Waals surface area contributed by atoms with E-state index in [4.69, 9.17) is 0 Å². The molecule has 0 unspecified atom stereocenters. The first-order valence-electron chi connectivity index (χ1n) is 9.39. The van der Waals surface area contributed by atoms with Gasteiger partial charge < -0.3 is 4.23 Å². The van der Waals surface area contributed by atoms with Crippen LogP contribution in [0.4, 0.5) is 0 Å². The molecule has 1 heterocycles. The van der Waals surface area contributed by atoms with E-state index < -0.39 is 8.24 Å². The molecule has 132 valence electrons. The molecule has 0 bridgehead atoms. The van der Waals surface area contributed by atoms with Gasteiger partial charge in [-0.2, -0.15) is 0 Å². The second kappa shape index (κ2) is 5.85. The van der Waals surface area contributed by atoms with Crippen LogP contribution in [0, 0.1) is 0 Å². The molecule has 0 saturated carbocycles. The first-order valence-corrected chi connectivity index (χ1v) is 12.3. The minimum atomic E-state index is -1.69. The van der Waals surface area contributed by atoms with E-state index in [0.717, 1.165) is 0 Å². The Labute approximate surface area is 157 Å². The van der Waals surface area contributed by atoms with E-state index in [2.05, 4.69) is 111 Å². The third kappa shape index (κ3) is 2.60. The molecule has 0 fully saturated rings. The van der Waals surface area contributed by atoms with Gasteiger partial charge in [0.1, 0.15) is 0 Å². The maximum absolute atomic E-state index is 2.60. The predicted molar refractivity (Wildman–Crippen MR) is 117 cm³/mol. The lowest BCUT2D eigenvalue weighted by molar-refractivity contribution is 0.703. The van der Waals surface area contributed by atoms with Crippen LogP contribution < -0.4 is 0 Å². The smallest absolute Gasteiger partial charge is 0.161 e. The van der Waals surface area contributed by atoms with Crippen LogP contribution in [0.2, 0.25) is 18.1 Å². The summed E-state index contributed by atoms with van der Waals surface area (Å²) in [5, 5.41) is 4.24. The quantitative estimate of drug-likeness (QED) is 0.331. The van der Waals surface area contributed by atoms with Gasteiger partial charge in [0.15, 0.2) is 8.24 Å². The molecule has 0 atom stereocenters. The fraction of sp³-hybridized carbons (Fsp3) is 0.250. The van der Waals surface area contributed by atoms with Gasteiger partial charge >= 0.3 is 0 Å². The van der Waals surface area contributed by atoms with Gasteiger partial charge in [-0.1, -0.05) is 88.5 Å². The molecule has 1 nitrogen and oxygen atoms in total. The Bertz CT molecular complexity index is 1100. The number of para-hydroxylation sites is 1. The molecule has 0 aliphatic carbocycles. The Kier molecular flexibility index (Phi) is 3.85. The Balaban J connectivity index is 1.99. The largest absolute Gasteiger partial charge is 0.373 e. The third-order valence-corrected chi connectivity index (χ3v) is 11.5. The Morgan fingerprint density at radius 3 is 2.15 bits per heavy atom. The number of benzene rings is 3. The van der Waals surface area contributed by atoms with Crippen molar-refractivity contribution in [1.29, 1.82) is 0 Å². The first kappa shape index (κ1) is 17.1. The van der Waals surface area contributed by atoms with Crippen molar-refractivity contribution in [3.05, 3.63) is 72.9 Å². The maximum atomic E-state index is 2.60. The van der Waals surface area contributed by atoms with E-state index in [9.17, 15) is 0 Å². The van der Waals surface area contributed by atoms with Crippen molar-refractivity contribution in [1.82, 2.24) is 4.23 Å². The summed E-state index contributed by atoms with van der Waals surface area (Å²) in [4.78, 5) is 0. The second-order valence-corrected chi connectivity index (χ2v) is 13.9. The van der Waals surface area contributed by atoms with E-state index in [1.165, 1.54) is 32.8 Å². The van der Waals surface area contributed by atoms with Crippen LogP contribution in [0.15, 0.2) is 72.9 Å². The minimum absolute atomic E-state index is 0.287. The highest BCUT2D eigenvalue weighted by atomic mass is 28.3. The SMILES string of the molecule is CC(C)(C)[Si](C)(C)n1cc(-c2ccc3ccccc3c2)c2ccccc21. The fourth-order valence-electron chi connectivity index (χ4n) is 3.59. The Morgan fingerprint density at radius 2 is 1.42 bits per heavy atom. The van der Waals surface area contributed by atoms with Crippen LogP contribution >= 0.6 is 0 Å². The first-order chi connectivity index (χ1) is 12.3. The van der Waals surface area contributed by atoms with Crippen LogP contribution in [0.1, 0.15) is 20.8 Å². The van der Waals surface area contributed by atoms with Crippen LogP contribution in [0.3, 0.4) is 0 Å². The number of fused-ring (bicyclic) bond motifs is 2. The summed E-state index contributed by atoms with van der Waals surface area (Å²) in [6, 6.07) is 24.3. The molecule has 0 radical (unpaired) electrons. The zero-order valence-electron chi connectivity index (χ0n) is 16.4. The van der Waals surface area contributed by atoms with Crippen LogP contribution in [-0.2, 0) is 0 Å². The zero-order chi connectivity index (χ0) is 18.5. The van der Waals surface area contributed by atoms with Crippen molar-refractivity contribution in [3.8, 4) is 11.1 Å². The minimum Gasteiger partial charge on any atom is -0.373 e. The van der Waals surface area contributed by atoms with Gasteiger partial charge in [-0.05, 0) is 33.5 Å². The summed E-state index contributed by atoms with van der Waals surface area (Å²) in [5.41, 5.74) is 4.01. The van der Waals surface area contributed by atoms with E-state index in [-0.39, 0.29) is 5.04 Å². The molecular weight excluding hydrogens is 330 g/mol. The fourth-order valence-corrected chi connectivity index (χ4v) is 5.56. The van der Waals surface area contributed by atoms with Gasteiger partial charge in [0.05, 0.1) is 0 Å². The normalized spacial score (nSPS) is 12.8. The zero-order valence-corrected chi connectivity index (χ0v) is 17.4. The van der Waals surface area contributed by atoms with Crippen molar-refractivity contribution >= 4 is 29.9 Å². The lowest BCUT2D eigenvalue weighted by Crippen LogP contribution is -2.44. The molecule has 0 aliphatic heterocycles. The number of aromatic nitrogens is 1. The second-order valence-electron chi connectivity index (χ2n) is 8.80. The van der Waals surface area contributed by atoms with Gasteiger partial charge in [-0.3, -0.25) is 0 Å². The highest BCUT2D eigenvalue weighted by molar-refractivity contribution is 6.79. The topological polar surface area (TPSA) is 4.93 Å². The standard InChI is InChI=1S/C24H27NSi/c1-24(2,3)26(4,5)25-17-22(21-12-8-9-13-23(21)25)20-15-14-18-10-6-7-11-19(18)16-20/h6-17H,1-5H3. The molecule has 0 aliphatic rings. The van der Waals surface area contributed by atoms with Gasteiger partial charge in [-0.15, -0.1) is 0 Å². The predicted octanol–water partition coefficient (Wildman–Crippen LogP) is 7.31. The summed E-state index contributed by atoms with van der Waals surface area (Å²) < 4.78 is 2.60. The van der Waals surface area contributed by atoms with E-state index in [1.54, 1.807) is 0 Å². The van der Waals surface area contributed by atoms with Crippen LogP contribution in [0.5, 0.6) is 0 Å². The monoisotopic (exact) mass is 357 g/mol. The van der Waals surface area contributed by atoms with Gasteiger partial charge in [0.2, 0.25) is 0 Å². The molecule has 3 aromatic carbocycles. The van der Waals surface area contributed by atoms with Crippen molar-refractivity contribution in [3.63, 3.8) is 0 Å². The average Bonchev–Trinajstić information content (AvgIpc) is 3.01. The number of hydrogen-bond acceptors (Lipinski definition) is 0. The third-order valence-electron chi connectivity index (χ3n) is 6.21. The van der Waals surface area contributed by atoms with E-state index in [0.29, 0.717) is 0 Å². The summed E-state index contributed by atoms with van der Waals surface area (Å²) >= 11 is 0. The molecule has 0 amide bonds. The van der Waals surface area contributed by atoms with Crippen LogP contribution in [-0.4, -0.2) is 12.5 Å². The average molecular weight is 358 g/mol. The highest BCUT2D eigenvalue weighted by Gasteiger charge is 2.38. The summed E-state index contributed by atoms with van der Waals surface area (Å²) in [6.07, 6.45) is 2.41. The van der Waals surface area contributed by atoms with E-state index in [1.807, 2.05) is 0 Å². The molecule has 0 N–H and O–H groups in total. The van der Waals surface area contributed by atoms with Gasteiger partial charge in [0.25, 0.3) is 0 Å². The van der Waals surface area contributed by atoms with Crippen molar-refractivity contribution in [2.75, 3.05) is 0 Å². The molecular formula is C24H27NSi. The molecule has 4 rings (SSSR count). The lowest BCUT2D eigenvalue weighted by Gasteiger charge is -2.38. The van der Waals surface area contributed by atoms with E-state index >= 15 is 0 Å². The van der Waals surface area contributed by atoms with Crippen molar-refractivity contribution in [2.45, 2.75) is 38.9 Å². The maximum Gasteiger partial charge on any atom is 0.161 e. The number of nitrogens with zero attached hydrogens (tertiary/aromatic N) is 1. The summed E-state index contributed by atoms with van der Waals surface area (Å²) in [5.74, 6) is 0. The van der Waals surface area contributed by atoms with Crippen LogP contribution in [0.25, 0.3) is 32.8 Å². The molecule has 2 heteroatoms. The van der Waals surface area contributed by atoms with Crippen molar-refractivity contribution in [2.24, 2.45) is 0 Å².